The Bertz CT molecular complexity index is 924. The number of hydrazone groups is 1. The van der Waals surface area contributed by atoms with Gasteiger partial charge < -0.3 is 15.6 Å². The Morgan fingerprint density at radius 3 is 2.77 bits per heavy atom. The van der Waals surface area contributed by atoms with Gasteiger partial charge in [-0.1, -0.05) is 50.6 Å². The lowest BCUT2D eigenvalue weighted by Gasteiger charge is -2.40. The average Bonchev–Trinajstić information content (AvgIpc) is 2.82. The molecule has 0 spiro atoms. The maximum atomic E-state index is 13.0. The third-order valence-electron chi connectivity index (χ3n) is 6.17. The van der Waals surface area contributed by atoms with Gasteiger partial charge in [-0.05, 0) is 55.9 Å². The molecule has 1 heterocycles. The summed E-state index contributed by atoms with van der Waals surface area (Å²) in [5, 5.41) is 15.9. The number of halogens is 2. The smallest absolute Gasteiger partial charge is 0.166 e. The van der Waals surface area contributed by atoms with E-state index in [1.807, 2.05) is 24.2 Å². The molecule has 6 nitrogen and oxygen atoms in total. The molecule has 1 aromatic heterocycles. The summed E-state index contributed by atoms with van der Waals surface area (Å²) in [7, 11) is 0. The molecular formula is C27H38ClFN4O2. The quantitative estimate of drug-likeness (QED) is 0.0984. The Balaban J connectivity index is 1.97. The minimum atomic E-state index is -0.472. The summed E-state index contributed by atoms with van der Waals surface area (Å²) >= 11 is 6.32. The summed E-state index contributed by atoms with van der Waals surface area (Å²) in [6.07, 6.45) is 15.1. The Morgan fingerprint density at radius 2 is 2.14 bits per heavy atom. The second-order valence-corrected chi connectivity index (χ2v) is 9.35. The fraction of sp³-hybridized carbons (Fsp3) is 0.481. The largest absolute Gasteiger partial charge is 0.482 e. The summed E-state index contributed by atoms with van der Waals surface area (Å²) in [5.41, 5.74) is 6.94. The zero-order valence-corrected chi connectivity index (χ0v) is 21.5. The van der Waals surface area contributed by atoms with Crippen LogP contribution in [0.1, 0.15) is 51.5 Å². The molecule has 192 valence electrons. The molecule has 0 aromatic carbocycles. The van der Waals surface area contributed by atoms with Crippen LogP contribution < -0.4 is 10.5 Å². The number of rotatable bonds is 15. The van der Waals surface area contributed by atoms with Gasteiger partial charge in [0.15, 0.2) is 11.6 Å². The highest BCUT2D eigenvalue weighted by Gasteiger charge is 2.31. The van der Waals surface area contributed by atoms with Crippen LogP contribution in [0.5, 0.6) is 5.75 Å². The number of pyridine rings is 1. The standard InChI is InChI=1S/C27H38ClFN4O2/c1-5-25(20(4)24(28)11-10-19(3)29)35-26-17-22(18-31-27(26)30)12-13-32-33(6-2)23-15-21(16-23)9-7-8-14-34/h5-6,10-11,13,17-18,20-21,23,25,34H,1-2,7-9,12,14-16H2,3-4H3,(H2,30,31)/b19-10+,24-11+,32-13-/t20-,21?,23?,25?/m0/s1. The molecule has 35 heavy (non-hydrogen) atoms. The van der Waals surface area contributed by atoms with Gasteiger partial charge in [-0.25, -0.2) is 9.37 Å². The molecule has 0 aliphatic heterocycles. The molecule has 2 rings (SSSR count). The summed E-state index contributed by atoms with van der Waals surface area (Å²) in [5.74, 6) is 0.800. The number of nitrogen functional groups attached to an aromatic ring is 1. The number of nitrogens with zero attached hydrogens (tertiary/aromatic N) is 3. The van der Waals surface area contributed by atoms with E-state index in [9.17, 15) is 4.39 Å². The maximum absolute atomic E-state index is 13.0. The molecule has 1 saturated carbocycles. The van der Waals surface area contributed by atoms with Crippen molar-refractivity contribution in [2.24, 2.45) is 16.9 Å². The number of anilines is 1. The Labute approximate surface area is 213 Å². The number of allylic oxidation sites excluding steroid dienone is 3. The zero-order valence-electron chi connectivity index (χ0n) is 20.7. The third kappa shape index (κ3) is 9.15. The van der Waals surface area contributed by atoms with Crippen LogP contribution in [-0.4, -0.2) is 40.1 Å². The topological polar surface area (TPSA) is 84.0 Å². The van der Waals surface area contributed by atoms with Crippen molar-refractivity contribution < 1.29 is 14.2 Å². The molecular weight excluding hydrogens is 467 g/mol. The number of unbranched alkanes of at least 4 members (excludes halogenated alkanes) is 1. The van der Waals surface area contributed by atoms with E-state index in [1.54, 1.807) is 18.5 Å². The lowest BCUT2D eigenvalue weighted by Crippen LogP contribution is -2.39. The molecule has 8 heteroatoms. The van der Waals surface area contributed by atoms with Crippen molar-refractivity contribution in [3.05, 3.63) is 66.3 Å². The molecule has 1 aliphatic rings. The zero-order chi connectivity index (χ0) is 25.8. The molecule has 1 aliphatic carbocycles. The lowest BCUT2D eigenvalue weighted by atomic mass is 9.77. The van der Waals surface area contributed by atoms with E-state index >= 15 is 0 Å². The molecule has 3 N–H and O–H groups in total. The number of aliphatic hydroxyl groups is 1. The van der Waals surface area contributed by atoms with E-state index in [0.717, 1.165) is 37.7 Å². The first-order valence-electron chi connectivity index (χ1n) is 12.1. The van der Waals surface area contributed by atoms with Crippen LogP contribution in [-0.2, 0) is 6.42 Å². The van der Waals surface area contributed by atoms with Crippen LogP contribution in [0, 0.1) is 11.8 Å². The second-order valence-electron chi connectivity index (χ2n) is 8.91. The molecule has 2 atom stereocenters. The van der Waals surface area contributed by atoms with Gasteiger partial charge in [-0.15, -0.1) is 0 Å². The first-order chi connectivity index (χ1) is 16.8. The van der Waals surface area contributed by atoms with Gasteiger partial charge >= 0.3 is 0 Å². The average molecular weight is 505 g/mol. The summed E-state index contributed by atoms with van der Waals surface area (Å²) in [6.45, 7) is 11.2. The predicted octanol–water partition coefficient (Wildman–Crippen LogP) is 6.14. The summed E-state index contributed by atoms with van der Waals surface area (Å²) in [6, 6.07) is 2.20. The van der Waals surface area contributed by atoms with Gasteiger partial charge in [-0.2, -0.15) is 5.10 Å². The molecule has 1 aromatic rings. The van der Waals surface area contributed by atoms with Gasteiger partial charge in [-0.3, -0.25) is 5.01 Å². The molecule has 0 saturated heterocycles. The first kappa shape index (κ1) is 28.6. The van der Waals surface area contributed by atoms with E-state index in [0.29, 0.717) is 29.2 Å². The van der Waals surface area contributed by atoms with E-state index < -0.39 is 6.10 Å². The Kier molecular flexibility index (Phi) is 12.0. The maximum Gasteiger partial charge on any atom is 0.166 e. The highest BCUT2D eigenvalue weighted by atomic mass is 35.5. The van der Waals surface area contributed by atoms with E-state index in [1.165, 1.54) is 19.1 Å². The fourth-order valence-electron chi connectivity index (χ4n) is 3.93. The number of aliphatic hydroxyl groups excluding tert-OH is 1. The SMILES string of the molecule is C=CC(Oc1cc(C/C=N\N(C=C)C2CC(CCCCO)C2)cnc1N)[C@@H](C)/C(Cl)=C\C=C(/C)F. The number of ether oxygens (including phenoxy) is 1. The van der Waals surface area contributed by atoms with Crippen molar-refractivity contribution in [3.63, 3.8) is 0 Å². The monoisotopic (exact) mass is 504 g/mol. The highest BCUT2D eigenvalue weighted by molar-refractivity contribution is 6.30. The van der Waals surface area contributed by atoms with Crippen LogP contribution in [0.15, 0.2) is 65.8 Å². The van der Waals surface area contributed by atoms with Crippen LogP contribution in [0.25, 0.3) is 0 Å². The number of nitrogens with two attached hydrogens (primary N) is 1. The van der Waals surface area contributed by atoms with Crippen molar-refractivity contribution in [1.29, 1.82) is 0 Å². The Morgan fingerprint density at radius 1 is 1.40 bits per heavy atom. The number of aromatic nitrogens is 1. The Hall–Kier alpha value is -2.64. The predicted molar refractivity (Wildman–Crippen MR) is 143 cm³/mol. The molecule has 0 bridgehead atoms. The van der Waals surface area contributed by atoms with Crippen molar-refractivity contribution in [1.82, 2.24) is 9.99 Å². The summed E-state index contributed by atoms with van der Waals surface area (Å²) in [4.78, 5) is 4.25. The van der Waals surface area contributed by atoms with Crippen LogP contribution >= 0.6 is 11.6 Å². The fourth-order valence-corrected chi connectivity index (χ4v) is 4.12. The summed E-state index contributed by atoms with van der Waals surface area (Å²) < 4.78 is 19.1. The van der Waals surface area contributed by atoms with E-state index in [-0.39, 0.29) is 24.2 Å². The van der Waals surface area contributed by atoms with Gasteiger partial charge in [0.1, 0.15) is 6.10 Å². The second kappa shape index (κ2) is 14.7. The number of hydrogen-bond acceptors (Lipinski definition) is 6. The van der Waals surface area contributed by atoms with Gasteiger partial charge in [0.2, 0.25) is 0 Å². The molecule has 1 fully saturated rings. The number of hydrogen-bond donors (Lipinski definition) is 2. The third-order valence-corrected chi connectivity index (χ3v) is 6.64. The molecule has 0 amide bonds. The molecule has 0 radical (unpaired) electrons. The van der Waals surface area contributed by atoms with Gasteiger partial charge in [0, 0.05) is 42.6 Å². The van der Waals surface area contributed by atoms with Gasteiger partial charge in [0.05, 0.1) is 11.9 Å². The van der Waals surface area contributed by atoms with Crippen LogP contribution in [0.4, 0.5) is 10.2 Å². The lowest BCUT2D eigenvalue weighted by molar-refractivity contribution is 0.113. The van der Waals surface area contributed by atoms with Crippen molar-refractivity contribution in [3.8, 4) is 5.75 Å². The van der Waals surface area contributed by atoms with Crippen molar-refractivity contribution in [2.45, 2.75) is 64.5 Å². The minimum Gasteiger partial charge on any atom is -0.482 e. The minimum absolute atomic E-state index is 0.259. The van der Waals surface area contributed by atoms with Crippen molar-refractivity contribution in [2.75, 3.05) is 12.3 Å². The van der Waals surface area contributed by atoms with Crippen LogP contribution in [0.2, 0.25) is 0 Å². The van der Waals surface area contributed by atoms with E-state index in [2.05, 4.69) is 23.2 Å². The highest BCUT2D eigenvalue weighted by Crippen LogP contribution is 2.35. The first-order valence-corrected chi connectivity index (χ1v) is 12.4. The van der Waals surface area contributed by atoms with Crippen LogP contribution in [0.3, 0.4) is 0 Å². The van der Waals surface area contributed by atoms with Crippen molar-refractivity contribution >= 4 is 23.6 Å². The normalized spacial score (nSPS) is 20.3. The van der Waals surface area contributed by atoms with Gasteiger partial charge in [0.25, 0.3) is 0 Å². The molecule has 1 unspecified atom stereocenters. The van der Waals surface area contributed by atoms with E-state index in [4.69, 9.17) is 27.2 Å².